The van der Waals surface area contributed by atoms with Crippen LogP contribution in [0.5, 0.6) is 0 Å². The van der Waals surface area contributed by atoms with Gasteiger partial charge in [-0.3, -0.25) is 9.69 Å². The molecule has 1 saturated heterocycles. The van der Waals surface area contributed by atoms with Crippen molar-refractivity contribution >= 4 is 5.91 Å². The molecule has 0 aromatic heterocycles. The maximum Gasteiger partial charge on any atom is 0.234 e. The van der Waals surface area contributed by atoms with Crippen LogP contribution in [-0.4, -0.2) is 43.5 Å². The molecule has 1 unspecified atom stereocenters. The zero-order chi connectivity index (χ0) is 14.5. The van der Waals surface area contributed by atoms with Gasteiger partial charge in [-0.25, -0.2) is 8.78 Å². The number of hydrogen-bond donors (Lipinski definition) is 2. The van der Waals surface area contributed by atoms with E-state index in [2.05, 4.69) is 15.5 Å². The van der Waals surface area contributed by atoms with E-state index >= 15 is 0 Å². The summed E-state index contributed by atoms with van der Waals surface area (Å²) in [4.78, 5) is 14.0. The largest absolute Gasteiger partial charge is 0.348 e. The summed E-state index contributed by atoms with van der Waals surface area (Å²) in [6.07, 6.45) is 0. The standard InChI is InChI=1S/C14H19F2N3O/c1-10(11-2-3-12(15)13(16)8-11)18-14(20)9-19-6-4-17-5-7-19/h2-3,8,10,17H,4-7,9H2,1H3,(H,18,20). The molecule has 1 aliphatic rings. The molecule has 1 heterocycles. The van der Waals surface area contributed by atoms with Gasteiger partial charge in [-0.1, -0.05) is 6.07 Å². The Labute approximate surface area is 117 Å². The summed E-state index contributed by atoms with van der Waals surface area (Å²) in [6, 6.07) is 3.32. The van der Waals surface area contributed by atoms with Crippen LogP contribution in [-0.2, 0) is 4.79 Å². The van der Waals surface area contributed by atoms with Crippen LogP contribution in [0.15, 0.2) is 18.2 Å². The first-order valence-electron chi connectivity index (χ1n) is 6.73. The van der Waals surface area contributed by atoms with Gasteiger partial charge in [0.05, 0.1) is 12.6 Å². The van der Waals surface area contributed by atoms with Crippen LogP contribution in [0.4, 0.5) is 8.78 Å². The number of hydrogen-bond acceptors (Lipinski definition) is 3. The molecule has 2 rings (SSSR count). The molecule has 0 spiro atoms. The lowest BCUT2D eigenvalue weighted by molar-refractivity contribution is -0.123. The van der Waals surface area contributed by atoms with Crippen LogP contribution in [0.3, 0.4) is 0 Å². The first-order chi connectivity index (χ1) is 9.56. The molecule has 0 radical (unpaired) electrons. The van der Waals surface area contributed by atoms with Crippen molar-refractivity contribution in [3.8, 4) is 0 Å². The predicted molar refractivity (Wildman–Crippen MR) is 72.2 cm³/mol. The molecular formula is C14H19F2N3O. The van der Waals surface area contributed by atoms with Gasteiger partial charge < -0.3 is 10.6 Å². The summed E-state index contributed by atoms with van der Waals surface area (Å²) in [6.45, 7) is 5.52. The van der Waals surface area contributed by atoms with Crippen molar-refractivity contribution in [3.63, 3.8) is 0 Å². The minimum Gasteiger partial charge on any atom is -0.348 e. The van der Waals surface area contributed by atoms with Gasteiger partial charge in [0.15, 0.2) is 11.6 Å². The molecule has 1 atom stereocenters. The second-order valence-corrected chi connectivity index (χ2v) is 4.99. The van der Waals surface area contributed by atoms with Crippen LogP contribution in [0.2, 0.25) is 0 Å². The smallest absolute Gasteiger partial charge is 0.234 e. The number of halogens is 2. The maximum absolute atomic E-state index is 13.1. The Hall–Kier alpha value is -1.53. The van der Waals surface area contributed by atoms with Gasteiger partial charge in [-0.2, -0.15) is 0 Å². The van der Waals surface area contributed by atoms with E-state index in [1.165, 1.54) is 6.07 Å². The predicted octanol–water partition coefficient (Wildman–Crippen LogP) is 1.05. The van der Waals surface area contributed by atoms with E-state index in [0.717, 1.165) is 38.3 Å². The Morgan fingerprint density at radius 3 is 2.70 bits per heavy atom. The summed E-state index contributed by atoms with van der Waals surface area (Å²) >= 11 is 0. The summed E-state index contributed by atoms with van der Waals surface area (Å²) in [7, 11) is 0. The monoisotopic (exact) mass is 283 g/mol. The third-order valence-electron chi connectivity index (χ3n) is 3.40. The van der Waals surface area contributed by atoms with Crippen LogP contribution in [0, 0.1) is 11.6 Å². The molecule has 1 aromatic carbocycles. The molecule has 0 bridgehead atoms. The van der Waals surface area contributed by atoms with Crippen molar-refractivity contribution in [2.45, 2.75) is 13.0 Å². The van der Waals surface area contributed by atoms with Gasteiger partial charge in [-0.05, 0) is 24.6 Å². The highest BCUT2D eigenvalue weighted by molar-refractivity contribution is 5.78. The average Bonchev–Trinajstić information content (AvgIpc) is 2.42. The minimum absolute atomic E-state index is 0.107. The number of piperazine rings is 1. The number of carbonyl (C=O) groups excluding carboxylic acids is 1. The fourth-order valence-electron chi connectivity index (χ4n) is 2.22. The fraction of sp³-hybridized carbons (Fsp3) is 0.500. The number of nitrogens with one attached hydrogen (secondary N) is 2. The lowest BCUT2D eigenvalue weighted by Gasteiger charge is -2.27. The number of nitrogens with zero attached hydrogens (tertiary/aromatic N) is 1. The highest BCUT2D eigenvalue weighted by Gasteiger charge is 2.16. The quantitative estimate of drug-likeness (QED) is 0.868. The average molecular weight is 283 g/mol. The summed E-state index contributed by atoms with van der Waals surface area (Å²) in [5.41, 5.74) is 0.553. The fourth-order valence-corrected chi connectivity index (χ4v) is 2.22. The van der Waals surface area contributed by atoms with Gasteiger partial charge in [0.2, 0.25) is 5.91 Å². The molecule has 6 heteroatoms. The zero-order valence-corrected chi connectivity index (χ0v) is 11.5. The second-order valence-electron chi connectivity index (χ2n) is 4.99. The Morgan fingerprint density at radius 1 is 1.35 bits per heavy atom. The molecule has 1 aliphatic heterocycles. The van der Waals surface area contributed by atoms with E-state index < -0.39 is 11.6 Å². The third-order valence-corrected chi connectivity index (χ3v) is 3.40. The molecule has 4 nitrogen and oxygen atoms in total. The van der Waals surface area contributed by atoms with E-state index in [0.29, 0.717) is 12.1 Å². The van der Waals surface area contributed by atoms with Gasteiger partial charge >= 0.3 is 0 Å². The highest BCUT2D eigenvalue weighted by atomic mass is 19.2. The van der Waals surface area contributed by atoms with Crippen molar-refractivity contribution in [2.24, 2.45) is 0 Å². The van der Waals surface area contributed by atoms with Crippen molar-refractivity contribution in [1.29, 1.82) is 0 Å². The Balaban J connectivity index is 1.87. The molecular weight excluding hydrogens is 264 g/mol. The molecule has 0 aliphatic carbocycles. The van der Waals surface area contributed by atoms with E-state index in [-0.39, 0.29) is 11.9 Å². The molecule has 1 aromatic rings. The highest BCUT2D eigenvalue weighted by Crippen LogP contribution is 2.15. The SMILES string of the molecule is CC(NC(=O)CN1CCNCC1)c1ccc(F)c(F)c1. The van der Waals surface area contributed by atoms with E-state index in [1.54, 1.807) is 6.92 Å². The van der Waals surface area contributed by atoms with E-state index in [4.69, 9.17) is 0 Å². The molecule has 20 heavy (non-hydrogen) atoms. The Bertz CT molecular complexity index is 475. The van der Waals surface area contributed by atoms with Gasteiger partial charge in [0.1, 0.15) is 0 Å². The van der Waals surface area contributed by atoms with Crippen molar-refractivity contribution < 1.29 is 13.6 Å². The topological polar surface area (TPSA) is 44.4 Å². The molecule has 1 fully saturated rings. The Kier molecular flexibility index (Phi) is 5.03. The minimum atomic E-state index is -0.897. The zero-order valence-electron chi connectivity index (χ0n) is 11.5. The van der Waals surface area contributed by atoms with Crippen molar-refractivity contribution in [3.05, 3.63) is 35.4 Å². The number of amides is 1. The first kappa shape index (κ1) is 14.9. The normalized spacial score (nSPS) is 17.8. The summed E-state index contributed by atoms with van der Waals surface area (Å²) < 4.78 is 26.0. The summed E-state index contributed by atoms with van der Waals surface area (Å²) in [5.74, 6) is -1.89. The molecule has 110 valence electrons. The van der Waals surface area contributed by atoms with E-state index in [9.17, 15) is 13.6 Å². The Morgan fingerprint density at radius 2 is 2.05 bits per heavy atom. The van der Waals surface area contributed by atoms with Gasteiger partial charge in [0.25, 0.3) is 0 Å². The first-order valence-corrected chi connectivity index (χ1v) is 6.73. The van der Waals surface area contributed by atoms with Crippen LogP contribution in [0.25, 0.3) is 0 Å². The van der Waals surface area contributed by atoms with Crippen LogP contribution in [0.1, 0.15) is 18.5 Å². The molecule has 2 N–H and O–H groups in total. The van der Waals surface area contributed by atoms with Crippen molar-refractivity contribution in [2.75, 3.05) is 32.7 Å². The molecule has 0 saturated carbocycles. The lowest BCUT2D eigenvalue weighted by Crippen LogP contribution is -2.47. The van der Waals surface area contributed by atoms with Crippen LogP contribution < -0.4 is 10.6 Å². The number of rotatable bonds is 4. The van der Waals surface area contributed by atoms with E-state index in [1.807, 2.05) is 0 Å². The van der Waals surface area contributed by atoms with Gasteiger partial charge in [-0.15, -0.1) is 0 Å². The second kappa shape index (κ2) is 6.76. The maximum atomic E-state index is 13.1. The lowest BCUT2D eigenvalue weighted by atomic mass is 10.1. The van der Waals surface area contributed by atoms with Crippen LogP contribution >= 0.6 is 0 Å². The third kappa shape index (κ3) is 3.98. The van der Waals surface area contributed by atoms with Crippen molar-refractivity contribution in [1.82, 2.24) is 15.5 Å². The number of benzene rings is 1. The van der Waals surface area contributed by atoms with Gasteiger partial charge in [0, 0.05) is 26.2 Å². The molecule has 1 amide bonds. The number of carbonyl (C=O) groups is 1. The summed E-state index contributed by atoms with van der Waals surface area (Å²) in [5, 5.41) is 6.02.